The van der Waals surface area contributed by atoms with Gasteiger partial charge in [-0.25, -0.2) is 0 Å². The number of carbonyl (C=O) groups is 1. The highest BCUT2D eigenvalue weighted by atomic mass is 16.5. The van der Waals surface area contributed by atoms with E-state index in [0.29, 0.717) is 13.2 Å². The molecule has 0 saturated heterocycles. The monoisotopic (exact) mass is 420 g/mol. The molecule has 0 aliphatic heterocycles. The first-order valence-electron chi connectivity index (χ1n) is 10.9. The molecule has 5 heteroatoms. The molecule has 1 amide bonds. The third kappa shape index (κ3) is 7.00. The van der Waals surface area contributed by atoms with Gasteiger partial charge in [-0.2, -0.15) is 0 Å². The fourth-order valence-corrected chi connectivity index (χ4v) is 3.47. The van der Waals surface area contributed by atoms with Crippen molar-refractivity contribution in [3.05, 3.63) is 89.7 Å². The van der Waals surface area contributed by atoms with E-state index in [1.807, 2.05) is 59.5 Å². The Hall–Kier alpha value is -3.05. The lowest BCUT2D eigenvalue weighted by Crippen LogP contribution is -2.35. The lowest BCUT2D eigenvalue weighted by atomic mass is 10.2. The minimum absolute atomic E-state index is 0.0264. The van der Waals surface area contributed by atoms with E-state index in [-0.39, 0.29) is 12.5 Å². The molecule has 0 unspecified atom stereocenters. The second-order valence-corrected chi connectivity index (χ2v) is 7.63. The maximum Gasteiger partial charge on any atom is 0.248 e. The number of amides is 1. The predicted molar refractivity (Wildman–Crippen MR) is 123 cm³/mol. The molecular weight excluding hydrogens is 388 g/mol. The van der Waals surface area contributed by atoms with Gasteiger partial charge in [-0.1, -0.05) is 55.8 Å². The van der Waals surface area contributed by atoms with Gasteiger partial charge in [-0.05, 0) is 41.8 Å². The van der Waals surface area contributed by atoms with E-state index in [0.717, 1.165) is 48.5 Å². The standard InChI is InChI=1S/C26H32N2O3/c1-3-4-15-28(26(29)21-31-20-22-10-6-5-7-11-22)19-24-13-9-16-27(24)18-23-12-8-14-25(17-23)30-2/h5-14,16-17H,3-4,15,18-21H2,1-2H3. The summed E-state index contributed by atoms with van der Waals surface area (Å²) in [5, 5.41) is 0. The summed E-state index contributed by atoms with van der Waals surface area (Å²) >= 11 is 0. The van der Waals surface area contributed by atoms with Crippen LogP contribution >= 0.6 is 0 Å². The molecule has 5 nitrogen and oxygen atoms in total. The van der Waals surface area contributed by atoms with Crippen LogP contribution in [0.4, 0.5) is 0 Å². The van der Waals surface area contributed by atoms with Crippen molar-refractivity contribution >= 4 is 5.91 Å². The van der Waals surface area contributed by atoms with Crippen LogP contribution in [0.5, 0.6) is 5.75 Å². The number of methoxy groups -OCH3 is 1. The Bertz CT molecular complexity index is 937. The minimum atomic E-state index is 0.0264. The van der Waals surface area contributed by atoms with Gasteiger partial charge in [0.1, 0.15) is 12.4 Å². The van der Waals surface area contributed by atoms with Gasteiger partial charge in [-0.3, -0.25) is 4.79 Å². The highest BCUT2D eigenvalue weighted by molar-refractivity contribution is 5.77. The number of nitrogens with zero attached hydrogens (tertiary/aromatic N) is 2. The van der Waals surface area contributed by atoms with Gasteiger partial charge in [0.2, 0.25) is 5.91 Å². The Morgan fingerprint density at radius 1 is 1.00 bits per heavy atom. The Morgan fingerprint density at radius 2 is 1.81 bits per heavy atom. The van der Waals surface area contributed by atoms with Crippen LogP contribution in [0.3, 0.4) is 0 Å². The van der Waals surface area contributed by atoms with Gasteiger partial charge in [0.05, 0.1) is 20.3 Å². The maximum absolute atomic E-state index is 12.9. The lowest BCUT2D eigenvalue weighted by Gasteiger charge is -2.23. The summed E-state index contributed by atoms with van der Waals surface area (Å²) in [6.07, 6.45) is 4.07. The first kappa shape index (κ1) is 22.6. The molecule has 164 valence electrons. The molecule has 0 atom stereocenters. The van der Waals surface area contributed by atoms with E-state index < -0.39 is 0 Å². The zero-order valence-electron chi connectivity index (χ0n) is 18.5. The number of aromatic nitrogens is 1. The highest BCUT2D eigenvalue weighted by Crippen LogP contribution is 2.16. The molecule has 0 saturated carbocycles. The van der Waals surface area contributed by atoms with E-state index in [1.54, 1.807) is 7.11 Å². The van der Waals surface area contributed by atoms with Crippen molar-refractivity contribution in [2.24, 2.45) is 0 Å². The molecule has 2 aromatic carbocycles. The largest absolute Gasteiger partial charge is 0.497 e. The van der Waals surface area contributed by atoms with Crippen LogP contribution in [0.15, 0.2) is 72.9 Å². The van der Waals surface area contributed by atoms with Crippen LogP contribution < -0.4 is 4.74 Å². The predicted octanol–water partition coefficient (Wildman–Crippen LogP) is 4.89. The molecule has 0 N–H and O–H groups in total. The number of rotatable bonds is 12. The van der Waals surface area contributed by atoms with Crippen molar-refractivity contribution in [1.29, 1.82) is 0 Å². The summed E-state index contributed by atoms with van der Waals surface area (Å²) in [6.45, 7) is 4.72. The summed E-state index contributed by atoms with van der Waals surface area (Å²) in [4.78, 5) is 14.8. The molecule has 1 aromatic heterocycles. The zero-order chi connectivity index (χ0) is 21.9. The fraction of sp³-hybridized carbons (Fsp3) is 0.346. The Balaban J connectivity index is 1.62. The molecule has 0 radical (unpaired) electrons. The molecule has 0 aliphatic rings. The number of carbonyl (C=O) groups excluding carboxylic acids is 1. The Kier molecular flexibility index (Phi) is 8.73. The number of hydrogen-bond acceptors (Lipinski definition) is 3. The third-order valence-electron chi connectivity index (χ3n) is 5.23. The van der Waals surface area contributed by atoms with Crippen LogP contribution in [0.25, 0.3) is 0 Å². The minimum Gasteiger partial charge on any atom is -0.497 e. The summed E-state index contributed by atoms with van der Waals surface area (Å²) in [5.41, 5.74) is 3.34. The SMILES string of the molecule is CCCCN(Cc1cccn1Cc1cccc(OC)c1)C(=O)COCc1ccccc1. The Morgan fingerprint density at radius 3 is 2.58 bits per heavy atom. The molecular formula is C26H32N2O3. The first-order valence-corrected chi connectivity index (χ1v) is 10.9. The fourth-order valence-electron chi connectivity index (χ4n) is 3.47. The van der Waals surface area contributed by atoms with Gasteiger partial charge in [0.25, 0.3) is 0 Å². The van der Waals surface area contributed by atoms with Crippen molar-refractivity contribution in [3.8, 4) is 5.75 Å². The van der Waals surface area contributed by atoms with Crippen molar-refractivity contribution in [3.63, 3.8) is 0 Å². The normalized spacial score (nSPS) is 10.8. The first-order chi connectivity index (χ1) is 15.2. The summed E-state index contributed by atoms with van der Waals surface area (Å²) in [6, 6.07) is 22.1. The van der Waals surface area contributed by atoms with Gasteiger partial charge in [0, 0.05) is 25.0 Å². The van der Waals surface area contributed by atoms with Crippen molar-refractivity contribution in [2.75, 3.05) is 20.3 Å². The molecule has 1 heterocycles. The molecule has 0 fully saturated rings. The second kappa shape index (κ2) is 12.0. The molecule has 3 rings (SSSR count). The van der Waals surface area contributed by atoms with Crippen LogP contribution in [0.1, 0.15) is 36.6 Å². The van der Waals surface area contributed by atoms with Crippen LogP contribution in [-0.2, 0) is 29.2 Å². The smallest absolute Gasteiger partial charge is 0.248 e. The highest BCUT2D eigenvalue weighted by Gasteiger charge is 2.16. The van der Waals surface area contributed by atoms with Crippen LogP contribution in [0, 0.1) is 0 Å². The van der Waals surface area contributed by atoms with Gasteiger partial charge < -0.3 is 18.9 Å². The van der Waals surface area contributed by atoms with E-state index in [1.165, 1.54) is 0 Å². The zero-order valence-corrected chi connectivity index (χ0v) is 18.5. The molecule has 31 heavy (non-hydrogen) atoms. The van der Waals surface area contributed by atoms with Crippen LogP contribution in [0.2, 0.25) is 0 Å². The van der Waals surface area contributed by atoms with E-state index in [9.17, 15) is 4.79 Å². The second-order valence-electron chi connectivity index (χ2n) is 7.63. The number of unbranched alkanes of at least 4 members (excludes halogenated alkanes) is 1. The van der Waals surface area contributed by atoms with E-state index in [4.69, 9.17) is 9.47 Å². The third-order valence-corrected chi connectivity index (χ3v) is 5.23. The van der Waals surface area contributed by atoms with Gasteiger partial charge in [0.15, 0.2) is 0 Å². The molecule has 0 bridgehead atoms. The summed E-state index contributed by atoms with van der Waals surface area (Å²) in [7, 11) is 1.68. The van der Waals surface area contributed by atoms with Gasteiger partial charge >= 0.3 is 0 Å². The summed E-state index contributed by atoms with van der Waals surface area (Å²) in [5.74, 6) is 0.875. The maximum atomic E-state index is 12.9. The number of hydrogen-bond donors (Lipinski definition) is 0. The molecule has 3 aromatic rings. The van der Waals surface area contributed by atoms with Crippen LogP contribution in [-0.4, -0.2) is 35.6 Å². The van der Waals surface area contributed by atoms with Crippen molar-refractivity contribution < 1.29 is 14.3 Å². The number of benzene rings is 2. The van der Waals surface area contributed by atoms with E-state index >= 15 is 0 Å². The topological polar surface area (TPSA) is 43.7 Å². The van der Waals surface area contributed by atoms with Crippen molar-refractivity contribution in [1.82, 2.24) is 9.47 Å². The molecule has 0 spiro atoms. The quantitative estimate of drug-likeness (QED) is 0.419. The van der Waals surface area contributed by atoms with Gasteiger partial charge in [-0.15, -0.1) is 0 Å². The number of ether oxygens (including phenoxy) is 2. The average molecular weight is 421 g/mol. The Labute approximate surface area is 185 Å². The summed E-state index contributed by atoms with van der Waals surface area (Å²) < 4.78 is 13.2. The average Bonchev–Trinajstić information content (AvgIpc) is 3.23. The van der Waals surface area contributed by atoms with E-state index in [2.05, 4.69) is 29.8 Å². The lowest BCUT2D eigenvalue weighted by molar-refractivity contribution is -0.137. The molecule has 0 aliphatic carbocycles. The van der Waals surface area contributed by atoms with Crippen molar-refractivity contribution in [2.45, 2.75) is 39.5 Å².